The molecule has 0 aromatic heterocycles. The van der Waals surface area contributed by atoms with Crippen LogP contribution in [0.3, 0.4) is 0 Å². The molecule has 19 heavy (non-hydrogen) atoms. The Bertz CT molecular complexity index is 472. The van der Waals surface area contributed by atoms with Gasteiger partial charge < -0.3 is 10.1 Å². The zero-order valence-corrected chi connectivity index (χ0v) is 11.9. The van der Waals surface area contributed by atoms with Crippen LogP contribution in [0.15, 0.2) is 48.1 Å². The molecule has 102 valence electrons. The normalized spacial score (nSPS) is 13.4. The lowest BCUT2D eigenvalue weighted by molar-refractivity contribution is -0.118. The van der Waals surface area contributed by atoms with Crippen molar-refractivity contribution in [2.75, 3.05) is 12.4 Å². The molecule has 0 aliphatic rings. The second kappa shape index (κ2) is 7.41. The molecule has 0 aliphatic carbocycles. The van der Waals surface area contributed by atoms with Crippen molar-refractivity contribution in [1.29, 1.82) is 0 Å². The molecule has 1 rings (SSSR count). The third kappa shape index (κ3) is 5.00. The van der Waals surface area contributed by atoms with E-state index in [9.17, 15) is 4.79 Å². The molecule has 1 amide bonds. The van der Waals surface area contributed by atoms with Crippen LogP contribution >= 0.6 is 0 Å². The Morgan fingerprint density at radius 2 is 1.95 bits per heavy atom. The Morgan fingerprint density at radius 1 is 1.32 bits per heavy atom. The highest BCUT2D eigenvalue weighted by Gasteiger charge is 2.10. The van der Waals surface area contributed by atoms with E-state index in [0.717, 1.165) is 17.0 Å². The van der Waals surface area contributed by atoms with Crippen LogP contribution in [0.1, 0.15) is 20.8 Å². The first-order valence-electron chi connectivity index (χ1n) is 6.33. The highest BCUT2D eigenvalue weighted by Crippen LogP contribution is 2.16. The van der Waals surface area contributed by atoms with Crippen molar-refractivity contribution in [1.82, 2.24) is 0 Å². The third-order valence-corrected chi connectivity index (χ3v) is 2.71. The highest BCUT2D eigenvalue weighted by molar-refractivity contribution is 5.93. The van der Waals surface area contributed by atoms with Crippen molar-refractivity contribution >= 4 is 11.6 Å². The molecule has 0 radical (unpaired) electrons. The molecule has 1 N–H and O–H groups in total. The number of hydrogen-bond acceptors (Lipinski definition) is 2. The van der Waals surface area contributed by atoms with E-state index in [-0.39, 0.29) is 11.8 Å². The van der Waals surface area contributed by atoms with Gasteiger partial charge in [0.1, 0.15) is 5.75 Å². The number of hydrogen-bond donors (Lipinski definition) is 1. The number of anilines is 1. The average Bonchev–Trinajstić information content (AvgIpc) is 2.39. The molecule has 0 spiro atoms. The minimum Gasteiger partial charge on any atom is -0.497 e. The summed E-state index contributed by atoms with van der Waals surface area (Å²) in [5.41, 5.74) is 1.86. The number of carbonyl (C=O) groups excluding carboxylic acids is 1. The molecule has 3 nitrogen and oxygen atoms in total. The summed E-state index contributed by atoms with van der Waals surface area (Å²) in [5, 5.41) is 2.88. The van der Waals surface area contributed by atoms with Crippen LogP contribution in [-0.4, -0.2) is 13.0 Å². The van der Waals surface area contributed by atoms with Gasteiger partial charge in [-0.2, -0.15) is 0 Å². The zero-order chi connectivity index (χ0) is 14.3. The van der Waals surface area contributed by atoms with Gasteiger partial charge in [0.25, 0.3) is 0 Å². The number of nitrogens with one attached hydrogen (secondary N) is 1. The average molecular weight is 259 g/mol. The Labute approximate surface area is 115 Å². The molecule has 0 saturated carbocycles. The second-order valence-electron chi connectivity index (χ2n) is 4.42. The standard InChI is InChI=1S/C16H21NO2/c1-5-6-12(2)11-13(3)16(18)17-14-7-9-15(19-4)10-8-14/h5-11,13H,1-4H3,(H,17,18). The maximum atomic E-state index is 12.0. The monoisotopic (exact) mass is 259 g/mol. The van der Waals surface area contributed by atoms with Gasteiger partial charge in [-0.15, -0.1) is 0 Å². The lowest BCUT2D eigenvalue weighted by atomic mass is 10.1. The summed E-state index contributed by atoms with van der Waals surface area (Å²) in [5.74, 6) is 0.585. The van der Waals surface area contributed by atoms with Gasteiger partial charge in [0.05, 0.1) is 13.0 Å². The van der Waals surface area contributed by atoms with Crippen LogP contribution in [0, 0.1) is 5.92 Å². The number of amides is 1. The Balaban J connectivity index is 2.65. The molecule has 1 atom stereocenters. The van der Waals surface area contributed by atoms with Crippen LogP contribution in [-0.2, 0) is 4.79 Å². The predicted molar refractivity (Wildman–Crippen MR) is 79.4 cm³/mol. The molecule has 0 bridgehead atoms. The molecular formula is C16H21NO2. The van der Waals surface area contributed by atoms with Crippen molar-refractivity contribution in [2.24, 2.45) is 5.92 Å². The van der Waals surface area contributed by atoms with E-state index >= 15 is 0 Å². The second-order valence-corrected chi connectivity index (χ2v) is 4.42. The van der Waals surface area contributed by atoms with Crippen LogP contribution in [0.25, 0.3) is 0 Å². The largest absolute Gasteiger partial charge is 0.497 e. The van der Waals surface area contributed by atoms with Crippen LogP contribution in [0.2, 0.25) is 0 Å². The fraction of sp³-hybridized carbons (Fsp3) is 0.312. The lowest BCUT2D eigenvalue weighted by Crippen LogP contribution is -2.18. The Morgan fingerprint density at radius 3 is 2.47 bits per heavy atom. The third-order valence-electron chi connectivity index (χ3n) is 2.71. The van der Waals surface area contributed by atoms with Crippen molar-refractivity contribution in [3.8, 4) is 5.75 Å². The number of ether oxygens (including phenoxy) is 1. The van der Waals surface area contributed by atoms with Crippen molar-refractivity contribution in [2.45, 2.75) is 20.8 Å². The molecule has 1 aromatic carbocycles. The summed E-state index contributed by atoms with van der Waals surface area (Å²) in [4.78, 5) is 12.0. The summed E-state index contributed by atoms with van der Waals surface area (Å²) in [7, 11) is 1.62. The van der Waals surface area contributed by atoms with E-state index in [4.69, 9.17) is 4.74 Å². The number of benzene rings is 1. The van der Waals surface area contributed by atoms with E-state index < -0.39 is 0 Å². The first-order chi connectivity index (χ1) is 9.06. The fourth-order valence-electron chi connectivity index (χ4n) is 1.72. The molecule has 3 heteroatoms. The van der Waals surface area contributed by atoms with Crippen molar-refractivity contribution in [3.63, 3.8) is 0 Å². The van der Waals surface area contributed by atoms with Gasteiger partial charge in [0.15, 0.2) is 0 Å². The molecule has 1 aromatic rings. The highest BCUT2D eigenvalue weighted by atomic mass is 16.5. The summed E-state index contributed by atoms with van der Waals surface area (Å²) in [6, 6.07) is 7.29. The first kappa shape index (κ1) is 15.0. The first-order valence-corrected chi connectivity index (χ1v) is 6.33. The number of allylic oxidation sites excluding steroid dienone is 3. The minimum atomic E-state index is -0.168. The Kier molecular flexibility index (Phi) is 5.86. The van der Waals surface area contributed by atoms with Gasteiger partial charge in [-0.25, -0.2) is 0 Å². The maximum Gasteiger partial charge on any atom is 0.231 e. The van der Waals surface area contributed by atoms with Gasteiger partial charge >= 0.3 is 0 Å². The van der Waals surface area contributed by atoms with Crippen LogP contribution in [0.4, 0.5) is 5.69 Å². The smallest absolute Gasteiger partial charge is 0.231 e. The molecule has 0 saturated heterocycles. The number of carbonyl (C=O) groups is 1. The van der Waals surface area contributed by atoms with E-state index in [0.29, 0.717) is 0 Å². The van der Waals surface area contributed by atoms with E-state index in [1.807, 2.05) is 63.3 Å². The molecule has 1 unspecified atom stereocenters. The summed E-state index contributed by atoms with van der Waals surface area (Å²) in [6.07, 6.45) is 5.88. The Hall–Kier alpha value is -2.03. The topological polar surface area (TPSA) is 38.3 Å². The predicted octanol–water partition coefficient (Wildman–Crippen LogP) is 3.79. The van der Waals surface area contributed by atoms with E-state index in [2.05, 4.69) is 5.32 Å². The van der Waals surface area contributed by atoms with E-state index in [1.165, 1.54) is 0 Å². The molecule has 0 aliphatic heterocycles. The van der Waals surface area contributed by atoms with Crippen molar-refractivity contribution < 1.29 is 9.53 Å². The molecule has 0 heterocycles. The zero-order valence-electron chi connectivity index (χ0n) is 11.9. The van der Waals surface area contributed by atoms with Crippen molar-refractivity contribution in [3.05, 3.63) is 48.1 Å². The molecular weight excluding hydrogens is 238 g/mol. The van der Waals surface area contributed by atoms with Gasteiger partial charge in [-0.3, -0.25) is 4.79 Å². The van der Waals surface area contributed by atoms with Gasteiger partial charge in [-0.05, 0) is 38.1 Å². The summed E-state index contributed by atoms with van der Waals surface area (Å²) >= 11 is 0. The lowest BCUT2D eigenvalue weighted by Gasteiger charge is -2.10. The van der Waals surface area contributed by atoms with Gasteiger partial charge in [0, 0.05) is 5.69 Å². The van der Waals surface area contributed by atoms with Crippen LogP contribution in [0.5, 0.6) is 5.75 Å². The van der Waals surface area contributed by atoms with Crippen LogP contribution < -0.4 is 10.1 Å². The fourth-order valence-corrected chi connectivity index (χ4v) is 1.72. The molecule has 0 fully saturated rings. The minimum absolute atomic E-state index is 0.0194. The summed E-state index contributed by atoms with van der Waals surface area (Å²) < 4.78 is 5.07. The summed E-state index contributed by atoms with van der Waals surface area (Å²) in [6.45, 7) is 5.82. The van der Waals surface area contributed by atoms with Gasteiger partial charge in [-0.1, -0.05) is 30.7 Å². The SMILES string of the molecule is CC=CC(C)=CC(C)C(=O)Nc1ccc(OC)cc1. The van der Waals surface area contributed by atoms with E-state index in [1.54, 1.807) is 7.11 Å². The quantitative estimate of drug-likeness (QED) is 0.817. The number of rotatable bonds is 5. The number of methoxy groups -OCH3 is 1. The van der Waals surface area contributed by atoms with Gasteiger partial charge in [0.2, 0.25) is 5.91 Å². The maximum absolute atomic E-state index is 12.0.